The van der Waals surface area contributed by atoms with E-state index in [2.05, 4.69) is 51.8 Å². The number of benzene rings is 3. The maximum absolute atomic E-state index is 12.4. The van der Waals surface area contributed by atoms with Crippen LogP contribution in [0.15, 0.2) is 96.4 Å². The first-order valence-corrected chi connectivity index (χ1v) is 17.5. The number of aliphatic hydroxyl groups excluding tert-OH is 1. The number of nitrogens with one attached hydrogen (secondary N) is 2. The summed E-state index contributed by atoms with van der Waals surface area (Å²) in [5.41, 5.74) is 5.89. The average molecular weight is 669 g/mol. The summed E-state index contributed by atoms with van der Waals surface area (Å²) < 4.78 is 13.3. The van der Waals surface area contributed by atoms with Gasteiger partial charge in [-0.25, -0.2) is 9.97 Å². The Morgan fingerprint density at radius 2 is 1.58 bits per heavy atom. The van der Waals surface area contributed by atoms with E-state index in [-0.39, 0.29) is 36.5 Å². The Kier molecular flexibility index (Phi) is 13.1. The van der Waals surface area contributed by atoms with Crippen LogP contribution in [0.3, 0.4) is 0 Å². The van der Waals surface area contributed by atoms with Crippen molar-refractivity contribution in [3.8, 4) is 11.1 Å². The van der Waals surface area contributed by atoms with Crippen LogP contribution in [0.4, 0.5) is 0 Å². The number of nitrogens with zero attached hydrogens (tertiary/aromatic N) is 2. The van der Waals surface area contributed by atoms with Gasteiger partial charge in [0.2, 0.25) is 11.8 Å². The summed E-state index contributed by atoms with van der Waals surface area (Å²) in [5, 5.41) is 16.1. The molecule has 2 heterocycles. The van der Waals surface area contributed by atoms with Gasteiger partial charge in [0.25, 0.3) is 0 Å². The molecule has 0 aliphatic carbocycles. The minimum Gasteiger partial charge on any atom is -0.392 e. The number of aliphatic hydroxyl groups is 1. The number of carbonyl (C=O) groups excluding carboxylic acids is 2. The molecular formula is C38H44N4O5S. The number of amides is 2. The van der Waals surface area contributed by atoms with Crippen molar-refractivity contribution in [1.82, 2.24) is 20.6 Å². The van der Waals surface area contributed by atoms with Crippen molar-refractivity contribution >= 4 is 23.6 Å². The molecule has 252 valence electrons. The lowest BCUT2D eigenvalue weighted by Gasteiger charge is -2.41. The molecule has 4 aromatic rings. The second kappa shape index (κ2) is 17.9. The van der Waals surface area contributed by atoms with Crippen molar-refractivity contribution in [2.75, 3.05) is 12.3 Å². The third-order valence-electron chi connectivity index (χ3n) is 8.41. The third kappa shape index (κ3) is 10.2. The SMILES string of the molecule is CC(=O)NCCCCCC(=O)NCc1cccc(-c2cccc([C@@H]3O[C@H](CSc4ncccn4)[C@H](C)[C@H](c4ccc(CO)cc4)O3)c2)c1. The van der Waals surface area contributed by atoms with Gasteiger partial charge in [-0.2, -0.15) is 0 Å². The fourth-order valence-corrected chi connectivity index (χ4v) is 6.66. The number of thioether (sulfide) groups is 1. The minimum absolute atomic E-state index is 0.00801. The van der Waals surface area contributed by atoms with E-state index in [0.717, 1.165) is 52.6 Å². The molecule has 0 unspecified atom stereocenters. The Hall–Kier alpha value is -4.09. The number of rotatable bonds is 15. The molecule has 1 fully saturated rings. The highest BCUT2D eigenvalue weighted by Crippen LogP contribution is 2.43. The molecule has 3 aromatic carbocycles. The Morgan fingerprint density at radius 1 is 0.833 bits per heavy atom. The van der Waals surface area contributed by atoms with Crippen LogP contribution in [-0.4, -0.2) is 45.3 Å². The molecule has 0 saturated carbocycles. The predicted molar refractivity (Wildman–Crippen MR) is 187 cm³/mol. The summed E-state index contributed by atoms with van der Waals surface area (Å²) >= 11 is 1.57. The monoisotopic (exact) mass is 668 g/mol. The van der Waals surface area contributed by atoms with E-state index in [1.54, 1.807) is 30.2 Å². The van der Waals surface area contributed by atoms with Crippen LogP contribution >= 0.6 is 11.8 Å². The first-order valence-electron chi connectivity index (χ1n) is 16.5. The topological polar surface area (TPSA) is 123 Å². The molecule has 1 aliphatic heterocycles. The zero-order chi connectivity index (χ0) is 33.7. The fourth-order valence-electron chi connectivity index (χ4n) is 5.69. The van der Waals surface area contributed by atoms with Crippen molar-refractivity contribution in [3.05, 3.63) is 114 Å². The summed E-state index contributed by atoms with van der Waals surface area (Å²) in [4.78, 5) is 32.2. The van der Waals surface area contributed by atoms with Crippen LogP contribution in [0.1, 0.15) is 74.2 Å². The first-order chi connectivity index (χ1) is 23.4. The maximum atomic E-state index is 12.4. The van der Waals surface area contributed by atoms with Gasteiger partial charge in [-0.1, -0.05) is 85.8 Å². The van der Waals surface area contributed by atoms with Crippen molar-refractivity contribution in [2.45, 2.75) is 76.3 Å². The quantitative estimate of drug-likeness (QED) is 0.0743. The van der Waals surface area contributed by atoms with Gasteiger partial charge in [-0.3, -0.25) is 9.59 Å². The summed E-state index contributed by atoms with van der Waals surface area (Å²) in [5.74, 6) is 0.715. The second-order valence-electron chi connectivity index (χ2n) is 12.1. The van der Waals surface area contributed by atoms with E-state index >= 15 is 0 Å². The molecule has 2 amide bonds. The van der Waals surface area contributed by atoms with E-state index in [0.29, 0.717) is 30.4 Å². The molecule has 1 saturated heterocycles. The molecule has 0 spiro atoms. The van der Waals surface area contributed by atoms with E-state index in [1.807, 2.05) is 48.5 Å². The standard InChI is InChI=1S/C38H44N4O5S/c1-26-34(25-48-38-40-19-8-20-41-38)46-37(47-36(26)30-16-14-28(24-43)15-17-30)33-12-7-11-32(22-33)31-10-6-9-29(21-31)23-42-35(45)13-4-3-5-18-39-27(2)44/h6-12,14-17,19-22,26,34,36-37,43H,3-5,13,18,23-25H2,1-2H3,(H,39,44)(H,42,45)/t26-,34+,36+,37+/m0/s1. The molecular weight excluding hydrogens is 625 g/mol. The number of hydrogen-bond donors (Lipinski definition) is 3. The number of carbonyl (C=O) groups is 2. The summed E-state index contributed by atoms with van der Waals surface area (Å²) in [7, 11) is 0. The minimum atomic E-state index is -0.591. The molecule has 10 heteroatoms. The van der Waals surface area contributed by atoms with Crippen molar-refractivity contribution in [1.29, 1.82) is 0 Å². The molecule has 3 N–H and O–H groups in total. The highest BCUT2D eigenvalue weighted by atomic mass is 32.2. The Bertz CT molecular complexity index is 1620. The van der Waals surface area contributed by atoms with Crippen molar-refractivity contribution < 1.29 is 24.2 Å². The average Bonchev–Trinajstić information content (AvgIpc) is 3.12. The van der Waals surface area contributed by atoms with E-state index in [1.165, 1.54) is 6.92 Å². The predicted octanol–water partition coefficient (Wildman–Crippen LogP) is 6.53. The van der Waals surface area contributed by atoms with E-state index < -0.39 is 6.29 Å². The van der Waals surface area contributed by atoms with Gasteiger partial charge in [-0.05, 0) is 58.9 Å². The lowest BCUT2D eigenvalue weighted by molar-refractivity contribution is -0.268. The van der Waals surface area contributed by atoms with Crippen LogP contribution in [0.2, 0.25) is 0 Å². The van der Waals surface area contributed by atoms with Crippen molar-refractivity contribution in [3.63, 3.8) is 0 Å². The summed E-state index contributed by atoms with van der Waals surface area (Å²) in [6, 6.07) is 26.1. The number of ether oxygens (including phenoxy) is 2. The normalized spacial score (nSPS) is 19.1. The Labute approximate surface area is 286 Å². The molecule has 4 atom stereocenters. The van der Waals surface area contributed by atoms with Crippen LogP contribution in [0.25, 0.3) is 11.1 Å². The Balaban J connectivity index is 1.26. The molecule has 0 bridgehead atoms. The molecule has 1 aromatic heterocycles. The summed E-state index contributed by atoms with van der Waals surface area (Å²) in [6.45, 7) is 4.74. The molecule has 1 aliphatic rings. The van der Waals surface area contributed by atoms with Gasteiger partial charge >= 0.3 is 0 Å². The third-order valence-corrected chi connectivity index (χ3v) is 9.37. The smallest absolute Gasteiger partial charge is 0.220 e. The molecule has 5 rings (SSSR count). The van der Waals surface area contributed by atoms with Gasteiger partial charge in [-0.15, -0.1) is 0 Å². The molecule has 48 heavy (non-hydrogen) atoms. The maximum Gasteiger partial charge on any atom is 0.220 e. The summed E-state index contributed by atoms with van der Waals surface area (Å²) in [6.07, 6.45) is 5.56. The number of unbranched alkanes of at least 4 members (excludes halogenated alkanes) is 2. The van der Waals surface area contributed by atoms with Crippen LogP contribution < -0.4 is 10.6 Å². The van der Waals surface area contributed by atoms with Crippen LogP contribution in [-0.2, 0) is 32.2 Å². The number of aromatic nitrogens is 2. The van der Waals surface area contributed by atoms with Gasteiger partial charge in [0.05, 0.1) is 18.8 Å². The highest BCUT2D eigenvalue weighted by Gasteiger charge is 2.38. The zero-order valence-electron chi connectivity index (χ0n) is 27.5. The van der Waals surface area contributed by atoms with Crippen LogP contribution in [0, 0.1) is 5.92 Å². The number of hydrogen-bond acceptors (Lipinski definition) is 8. The van der Waals surface area contributed by atoms with Gasteiger partial charge < -0.3 is 25.2 Å². The molecule has 9 nitrogen and oxygen atoms in total. The molecule has 0 radical (unpaired) electrons. The highest BCUT2D eigenvalue weighted by molar-refractivity contribution is 7.99. The van der Waals surface area contributed by atoms with Crippen LogP contribution in [0.5, 0.6) is 0 Å². The van der Waals surface area contributed by atoms with Crippen molar-refractivity contribution in [2.24, 2.45) is 5.92 Å². The largest absolute Gasteiger partial charge is 0.392 e. The zero-order valence-corrected chi connectivity index (χ0v) is 28.3. The lowest BCUT2D eigenvalue weighted by Crippen LogP contribution is -2.38. The Morgan fingerprint density at radius 3 is 2.33 bits per heavy atom. The second-order valence-corrected chi connectivity index (χ2v) is 13.0. The first kappa shape index (κ1) is 35.2. The van der Waals surface area contributed by atoms with Gasteiger partial charge in [0.1, 0.15) is 0 Å². The van der Waals surface area contributed by atoms with E-state index in [9.17, 15) is 14.7 Å². The van der Waals surface area contributed by atoms with Gasteiger partial charge in [0, 0.05) is 56.1 Å². The lowest BCUT2D eigenvalue weighted by atomic mass is 9.91. The van der Waals surface area contributed by atoms with E-state index in [4.69, 9.17) is 9.47 Å². The fraction of sp³-hybridized carbons (Fsp3) is 0.368. The van der Waals surface area contributed by atoms with Gasteiger partial charge in [0.15, 0.2) is 11.4 Å².